The van der Waals surface area contributed by atoms with E-state index in [2.05, 4.69) is 4.72 Å². The van der Waals surface area contributed by atoms with Crippen LogP contribution in [-0.4, -0.2) is 26.0 Å². The van der Waals surface area contributed by atoms with Crippen LogP contribution in [0.3, 0.4) is 0 Å². The Hall–Kier alpha value is -1.40. The second kappa shape index (κ2) is 6.85. The summed E-state index contributed by atoms with van der Waals surface area (Å²) >= 11 is 0. The van der Waals surface area contributed by atoms with Crippen molar-refractivity contribution in [2.24, 2.45) is 5.92 Å². The van der Waals surface area contributed by atoms with Crippen LogP contribution in [0.4, 0.5) is 0 Å². The van der Waals surface area contributed by atoms with Gasteiger partial charge in [0.1, 0.15) is 0 Å². The summed E-state index contributed by atoms with van der Waals surface area (Å²) in [6.07, 6.45) is 0.577. The van der Waals surface area contributed by atoms with Crippen molar-refractivity contribution in [3.8, 4) is 0 Å². The Kier molecular flexibility index (Phi) is 5.71. The molecule has 1 rings (SSSR count). The second-order valence-electron chi connectivity index (χ2n) is 4.99. The summed E-state index contributed by atoms with van der Waals surface area (Å²) in [5.41, 5.74) is 1.54. The number of carbonyl (C=O) groups is 1. The molecule has 0 heterocycles. The Morgan fingerprint density at radius 2 is 2.00 bits per heavy atom. The van der Waals surface area contributed by atoms with Gasteiger partial charge in [0, 0.05) is 13.0 Å². The lowest BCUT2D eigenvalue weighted by molar-refractivity contribution is -0.138. The number of hydrogen-bond donors (Lipinski definition) is 2. The van der Waals surface area contributed by atoms with Crippen molar-refractivity contribution in [3.05, 3.63) is 29.3 Å². The average Bonchev–Trinajstić information content (AvgIpc) is 2.36. The van der Waals surface area contributed by atoms with Gasteiger partial charge < -0.3 is 5.11 Å². The van der Waals surface area contributed by atoms with Crippen molar-refractivity contribution >= 4 is 16.0 Å². The summed E-state index contributed by atoms with van der Waals surface area (Å²) in [5.74, 6) is -1.12. The van der Waals surface area contributed by atoms with Gasteiger partial charge in [-0.05, 0) is 37.0 Å². The molecule has 0 saturated carbocycles. The first-order valence-corrected chi connectivity index (χ1v) is 8.03. The van der Waals surface area contributed by atoms with Crippen molar-refractivity contribution < 1.29 is 18.3 Å². The van der Waals surface area contributed by atoms with E-state index in [1.165, 1.54) is 0 Å². The van der Waals surface area contributed by atoms with Crippen molar-refractivity contribution in [2.75, 3.05) is 6.54 Å². The average molecular weight is 299 g/mol. The van der Waals surface area contributed by atoms with Crippen LogP contribution < -0.4 is 4.72 Å². The standard InChI is InChI=1S/C14H21NO4S/c1-4-12(8-14(16)17)9-15-20(18,19)13-7-10(2)5-6-11(13)3/h5-7,12,15H,4,8-9H2,1-3H3,(H,16,17). The molecule has 0 aliphatic rings. The Morgan fingerprint density at radius 1 is 1.35 bits per heavy atom. The van der Waals surface area contributed by atoms with E-state index in [1.54, 1.807) is 19.1 Å². The molecule has 0 amide bonds. The molecule has 6 heteroatoms. The summed E-state index contributed by atoms with van der Waals surface area (Å²) in [6.45, 7) is 5.55. The van der Waals surface area contributed by atoms with Gasteiger partial charge in [-0.25, -0.2) is 13.1 Å². The van der Waals surface area contributed by atoms with E-state index in [4.69, 9.17) is 5.11 Å². The first-order valence-electron chi connectivity index (χ1n) is 6.55. The van der Waals surface area contributed by atoms with E-state index >= 15 is 0 Å². The van der Waals surface area contributed by atoms with E-state index in [0.717, 1.165) is 5.56 Å². The number of carboxylic acids is 1. The molecule has 0 aromatic heterocycles. The number of carboxylic acid groups (broad SMARTS) is 1. The van der Waals surface area contributed by atoms with Crippen molar-refractivity contribution in [2.45, 2.75) is 38.5 Å². The fourth-order valence-corrected chi connectivity index (χ4v) is 3.35. The number of rotatable bonds is 7. The lowest BCUT2D eigenvalue weighted by atomic mass is 10.0. The number of sulfonamides is 1. The van der Waals surface area contributed by atoms with E-state index in [1.807, 2.05) is 19.9 Å². The van der Waals surface area contributed by atoms with Gasteiger partial charge in [0.05, 0.1) is 4.90 Å². The minimum absolute atomic E-state index is 0.0359. The summed E-state index contributed by atoms with van der Waals surface area (Å²) in [5, 5.41) is 8.76. The Bertz CT molecular complexity index is 581. The highest BCUT2D eigenvalue weighted by molar-refractivity contribution is 7.89. The quantitative estimate of drug-likeness (QED) is 0.807. The number of benzene rings is 1. The molecule has 0 bridgehead atoms. The van der Waals surface area contributed by atoms with Gasteiger partial charge in [0.15, 0.2) is 0 Å². The topological polar surface area (TPSA) is 83.5 Å². The minimum Gasteiger partial charge on any atom is -0.481 e. The van der Waals surface area contributed by atoms with E-state index in [-0.39, 0.29) is 23.8 Å². The molecule has 0 radical (unpaired) electrons. The van der Waals surface area contributed by atoms with Crippen LogP contribution in [0.25, 0.3) is 0 Å². The first-order chi connectivity index (χ1) is 9.26. The summed E-state index contributed by atoms with van der Waals surface area (Å²) < 4.78 is 27.0. The molecule has 0 spiro atoms. The van der Waals surface area contributed by atoms with Crippen LogP contribution in [0.15, 0.2) is 23.1 Å². The van der Waals surface area contributed by atoms with Gasteiger partial charge in [-0.15, -0.1) is 0 Å². The van der Waals surface area contributed by atoms with E-state index in [0.29, 0.717) is 12.0 Å². The number of aryl methyl sites for hydroxylation is 2. The second-order valence-corrected chi connectivity index (χ2v) is 6.73. The molecule has 20 heavy (non-hydrogen) atoms. The lowest BCUT2D eigenvalue weighted by Crippen LogP contribution is -2.30. The zero-order chi connectivity index (χ0) is 15.3. The first kappa shape index (κ1) is 16.7. The van der Waals surface area contributed by atoms with Crippen LogP contribution in [0, 0.1) is 19.8 Å². The van der Waals surface area contributed by atoms with Crippen LogP contribution in [-0.2, 0) is 14.8 Å². The molecule has 0 fully saturated rings. The fraction of sp³-hybridized carbons (Fsp3) is 0.500. The molecule has 0 aliphatic heterocycles. The third-order valence-corrected chi connectivity index (χ3v) is 4.80. The van der Waals surface area contributed by atoms with Crippen molar-refractivity contribution in [3.63, 3.8) is 0 Å². The molecule has 2 N–H and O–H groups in total. The molecule has 0 aliphatic carbocycles. The third-order valence-electron chi connectivity index (χ3n) is 3.24. The van der Waals surface area contributed by atoms with Gasteiger partial charge in [0.2, 0.25) is 10.0 Å². The zero-order valence-corrected chi connectivity index (χ0v) is 12.8. The summed E-state index contributed by atoms with van der Waals surface area (Å²) in [6, 6.07) is 5.24. The normalized spacial score (nSPS) is 13.2. The maximum absolute atomic E-state index is 12.3. The van der Waals surface area contributed by atoms with Crippen LogP contribution in [0.5, 0.6) is 0 Å². The smallest absolute Gasteiger partial charge is 0.303 e. The molecule has 1 atom stereocenters. The largest absolute Gasteiger partial charge is 0.481 e. The third kappa shape index (κ3) is 4.61. The Labute approximate surface area is 120 Å². The van der Waals surface area contributed by atoms with Crippen LogP contribution in [0.2, 0.25) is 0 Å². The van der Waals surface area contributed by atoms with Gasteiger partial charge in [0.25, 0.3) is 0 Å². The molecule has 112 valence electrons. The molecular weight excluding hydrogens is 278 g/mol. The van der Waals surface area contributed by atoms with Gasteiger partial charge in [-0.3, -0.25) is 4.79 Å². The Balaban J connectivity index is 2.84. The summed E-state index contributed by atoms with van der Waals surface area (Å²) in [4.78, 5) is 10.9. The predicted molar refractivity (Wildman–Crippen MR) is 77.1 cm³/mol. The van der Waals surface area contributed by atoms with Gasteiger partial charge in [-0.1, -0.05) is 25.5 Å². The highest BCUT2D eigenvalue weighted by Gasteiger charge is 2.19. The van der Waals surface area contributed by atoms with E-state index < -0.39 is 16.0 Å². The maximum Gasteiger partial charge on any atom is 0.303 e. The van der Waals surface area contributed by atoms with Crippen LogP contribution in [0.1, 0.15) is 30.9 Å². The zero-order valence-electron chi connectivity index (χ0n) is 12.0. The van der Waals surface area contributed by atoms with E-state index in [9.17, 15) is 13.2 Å². The molecule has 5 nitrogen and oxygen atoms in total. The summed E-state index contributed by atoms with van der Waals surface area (Å²) in [7, 11) is -3.60. The minimum atomic E-state index is -3.60. The van der Waals surface area contributed by atoms with Crippen LogP contribution >= 0.6 is 0 Å². The maximum atomic E-state index is 12.3. The number of hydrogen-bond acceptors (Lipinski definition) is 3. The van der Waals surface area contributed by atoms with Gasteiger partial charge in [-0.2, -0.15) is 0 Å². The highest BCUT2D eigenvalue weighted by Crippen LogP contribution is 2.17. The number of aliphatic carboxylic acids is 1. The Morgan fingerprint density at radius 3 is 2.55 bits per heavy atom. The van der Waals surface area contributed by atoms with Gasteiger partial charge >= 0.3 is 5.97 Å². The lowest BCUT2D eigenvalue weighted by Gasteiger charge is -2.15. The monoisotopic (exact) mass is 299 g/mol. The molecule has 0 saturated heterocycles. The molecular formula is C14H21NO4S. The van der Waals surface area contributed by atoms with Crippen molar-refractivity contribution in [1.82, 2.24) is 4.72 Å². The number of nitrogens with one attached hydrogen (secondary N) is 1. The molecule has 1 unspecified atom stereocenters. The van der Waals surface area contributed by atoms with Crippen molar-refractivity contribution in [1.29, 1.82) is 0 Å². The molecule has 1 aromatic carbocycles. The molecule has 1 aromatic rings. The highest BCUT2D eigenvalue weighted by atomic mass is 32.2. The fourth-order valence-electron chi connectivity index (χ4n) is 1.91. The predicted octanol–water partition coefficient (Wildman–Crippen LogP) is 2.08. The SMILES string of the molecule is CCC(CNS(=O)(=O)c1cc(C)ccc1C)CC(=O)O.